The van der Waals surface area contributed by atoms with Crippen molar-refractivity contribution >= 4 is 11.8 Å². The van der Waals surface area contributed by atoms with Crippen molar-refractivity contribution in [2.24, 2.45) is 0 Å². The minimum Gasteiger partial charge on any atom is -0.360 e. The minimum atomic E-state index is 1.01. The molecular formula is C5H5NOS. The molecule has 0 aliphatic carbocycles. The van der Waals surface area contributed by atoms with E-state index in [1.807, 2.05) is 11.8 Å². The summed E-state index contributed by atoms with van der Waals surface area (Å²) in [6.07, 6.45) is 1.80. The Balaban J connectivity index is 2.54. The van der Waals surface area contributed by atoms with Crippen LogP contribution in [0.3, 0.4) is 0 Å². The summed E-state index contributed by atoms with van der Waals surface area (Å²) < 4.78 is 4.91. The van der Waals surface area contributed by atoms with Gasteiger partial charge in [0.15, 0.2) is 5.76 Å². The molecule has 0 saturated heterocycles. The molecule has 0 unspecified atom stereocenters. The lowest BCUT2D eigenvalue weighted by molar-refractivity contribution is 0.395. The molecule has 0 bridgehead atoms. The Hall–Kier alpha value is -0.440. The van der Waals surface area contributed by atoms with Crippen molar-refractivity contribution in [1.82, 2.24) is 5.16 Å². The van der Waals surface area contributed by atoms with E-state index in [1.165, 1.54) is 5.56 Å². The zero-order chi connectivity index (χ0) is 5.40. The van der Waals surface area contributed by atoms with E-state index in [2.05, 4.69) is 5.16 Å². The number of hydrogen-bond acceptors (Lipinski definition) is 3. The fourth-order valence-electron chi connectivity index (χ4n) is 0.775. The lowest BCUT2D eigenvalue weighted by atomic mass is 10.3. The molecule has 0 fully saturated rings. The Labute approximate surface area is 51.2 Å². The van der Waals surface area contributed by atoms with Gasteiger partial charge in [0, 0.05) is 11.3 Å². The van der Waals surface area contributed by atoms with Crippen molar-refractivity contribution in [2.75, 3.05) is 0 Å². The maximum atomic E-state index is 4.91. The van der Waals surface area contributed by atoms with Crippen molar-refractivity contribution in [3.63, 3.8) is 0 Å². The first-order valence-electron chi connectivity index (χ1n) is 2.47. The van der Waals surface area contributed by atoms with Crippen LogP contribution in [-0.2, 0) is 11.5 Å². The average Bonchev–Trinajstić information content (AvgIpc) is 2.15. The van der Waals surface area contributed by atoms with Gasteiger partial charge < -0.3 is 4.52 Å². The van der Waals surface area contributed by atoms with Crippen LogP contribution in [0.4, 0.5) is 0 Å². The Morgan fingerprint density at radius 3 is 3.50 bits per heavy atom. The maximum absolute atomic E-state index is 4.91. The fraction of sp³-hybridized carbons (Fsp3) is 0.400. The van der Waals surface area contributed by atoms with Gasteiger partial charge in [-0.1, -0.05) is 5.16 Å². The summed E-state index contributed by atoms with van der Waals surface area (Å²) in [6.45, 7) is 0. The molecule has 8 heavy (non-hydrogen) atoms. The zero-order valence-electron chi connectivity index (χ0n) is 4.26. The van der Waals surface area contributed by atoms with E-state index >= 15 is 0 Å². The number of thioether (sulfide) groups is 1. The predicted octanol–water partition coefficient (Wildman–Crippen LogP) is 1.42. The summed E-state index contributed by atoms with van der Waals surface area (Å²) in [5.74, 6) is 3.16. The predicted molar refractivity (Wildman–Crippen MR) is 31.5 cm³/mol. The van der Waals surface area contributed by atoms with E-state index in [4.69, 9.17) is 4.52 Å². The fourth-order valence-corrected chi connectivity index (χ4v) is 1.76. The summed E-state index contributed by atoms with van der Waals surface area (Å²) in [7, 11) is 0. The number of rotatable bonds is 0. The minimum absolute atomic E-state index is 1.01. The highest BCUT2D eigenvalue weighted by Gasteiger charge is 2.14. The third kappa shape index (κ3) is 0.478. The molecule has 3 heteroatoms. The summed E-state index contributed by atoms with van der Waals surface area (Å²) in [5, 5.41) is 3.66. The van der Waals surface area contributed by atoms with Crippen molar-refractivity contribution in [2.45, 2.75) is 11.5 Å². The van der Waals surface area contributed by atoms with Gasteiger partial charge in [-0.15, -0.1) is 11.8 Å². The number of nitrogens with zero attached hydrogens (tertiary/aromatic N) is 1. The number of aromatic nitrogens is 1. The maximum Gasteiger partial charge on any atom is 0.150 e. The molecule has 0 atom stereocenters. The summed E-state index contributed by atoms with van der Waals surface area (Å²) in [4.78, 5) is 0. The summed E-state index contributed by atoms with van der Waals surface area (Å²) >= 11 is 1.88. The highest BCUT2D eigenvalue weighted by atomic mass is 32.2. The second-order valence-electron chi connectivity index (χ2n) is 1.77. The van der Waals surface area contributed by atoms with Gasteiger partial charge in [0.1, 0.15) is 0 Å². The third-order valence-electron chi connectivity index (χ3n) is 1.22. The molecule has 1 aliphatic heterocycles. The first-order chi connectivity index (χ1) is 3.97. The van der Waals surface area contributed by atoms with Crippen LogP contribution < -0.4 is 0 Å². The van der Waals surface area contributed by atoms with Crippen molar-refractivity contribution in [1.29, 1.82) is 0 Å². The second kappa shape index (κ2) is 1.52. The summed E-state index contributed by atoms with van der Waals surface area (Å²) in [6, 6.07) is 0. The van der Waals surface area contributed by atoms with Crippen molar-refractivity contribution in [3.8, 4) is 0 Å². The highest BCUT2D eigenvalue weighted by Crippen LogP contribution is 2.28. The van der Waals surface area contributed by atoms with Crippen LogP contribution in [0.15, 0.2) is 10.7 Å². The van der Waals surface area contributed by atoms with Gasteiger partial charge in [0.05, 0.1) is 11.9 Å². The smallest absolute Gasteiger partial charge is 0.150 e. The van der Waals surface area contributed by atoms with E-state index < -0.39 is 0 Å². The Kier molecular flexibility index (Phi) is 0.842. The average molecular weight is 127 g/mol. The van der Waals surface area contributed by atoms with Crippen LogP contribution in [0.2, 0.25) is 0 Å². The molecule has 2 nitrogen and oxygen atoms in total. The van der Waals surface area contributed by atoms with Gasteiger partial charge in [-0.25, -0.2) is 0 Å². The Morgan fingerprint density at radius 2 is 2.62 bits per heavy atom. The van der Waals surface area contributed by atoms with Gasteiger partial charge in [0.25, 0.3) is 0 Å². The van der Waals surface area contributed by atoms with Crippen LogP contribution in [0.25, 0.3) is 0 Å². The molecule has 0 amide bonds. The molecule has 0 N–H and O–H groups in total. The zero-order valence-corrected chi connectivity index (χ0v) is 5.07. The molecule has 2 rings (SSSR count). The number of fused-ring (bicyclic) bond motifs is 1. The molecular weight excluding hydrogens is 122 g/mol. The topological polar surface area (TPSA) is 26.0 Å². The van der Waals surface area contributed by atoms with Crippen LogP contribution in [0.1, 0.15) is 11.3 Å². The van der Waals surface area contributed by atoms with Crippen molar-refractivity contribution in [3.05, 3.63) is 17.5 Å². The monoisotopic (exact) mass is 127 g/mol. The Morgan fingerprint density at radius 1 is 1.62 bits per heavy atom. The SMILES string of the molecule is c1noc2c1CSC2. The van der Waals surface area contributed by atoms with Crippen molar-refractivity contribution < 1.29 is 4.52 Å². The molecule has 1 aromatic heterocycles. The van der Waals surface area contributed by atoms with Gasteiger partial charge in [-0.05, 0) is 0 Å². The lowest BCUT2D eigenvalue weighted by Crippen LogP contribution is -1.66. The second-order valence-corrected chi connectivity index (χ2v) is 2.75. The van der Waals surface area contributed by atoms with Gasteiger partial charge in [-0.2, -0.15) is 0 Å². The molecule has 0 spiro atoms. The third-order valence-corrected chi connectivity index (χ3v) is 2.20. The normalized spacial score (nSPS) is 16.5. The van der Waals surface area contributed by atoms with E-state index in [-0.39, 0.29) is 0 Å². The van der Waals surface area contributed by atoms with E-state index in [9.17, 15) is 0 Å². The van der Waals surface area contributed by atoms with Gasteiger partial charge in [0.2, 0.25) is 0 Å². The molecule has 1 aromatic rings. The van der Waals surface area contributed by atoms with Crippen LogP contribution >= 0.6 is 11.8 Å². The molecule has 0 aromatic carbocycles. The van der Waals surface area contributed by atoms with Gasteiger partial charge in [-0.3, -0.25) is 0 Å². The van der Waals surface area contributed by atoms with Crippen LogP contribution in [0.5, 0.6) is 0 Å². The summed E-state index contributed by atoms with van der Waals surface area (Å²) in [5.41, 5.74) is 1.27. The standard InChI is InChI=1S/C5H5NOS/c1-4-2-8-3-5(4)7-6-1/h1H,2-3H2. The molecule has 42 valence electrons. The molecule has 2 heterocycles. The lowest BCUT2D eigenvalue weighted by Gasteiger charge is -1.76. The molecule has 0 saturated carbocycles. The van der Waals surface area contributed by atoms with E-state index in [1.54, 1.807) is 6.20 Å². The first kappa shape index (κ1) is 4.44. The van der Waals surface area contributed by atoms with E-state index in [0.29, 0.717) is 0 Å². The molecule has 1 aliphatic rings. The van der Waals surface area contributed by atoms with E-state index in [0.717, 1.165) is 17.3 Å². The number of hydrogen-bond donors (Lipinski definition) is 0. The van der Waals surface area contributed by atoms with Crippen LogP contribution in [0, 0.1) is 0 Å². The first-order valence-corrected chi connectivity index (χ1v) is 3.62. The van der Waals surface area contributed by atoms with Gasteiger partial charge >= 0.3 is 0 Å². The molecule has 0 radical (unpaired) electrons. The van der Waals surface area contributed by atoms with Crippen LogP contribution in [-0.4, -0.2) is 5.16 Å². The largest absolute Gasteiger partial charge is 0.360 e. The Bertz CT molecular complexity index is 178. The quantitative estimate of drug-likeness (QED) is 0.527. The highest BCUT2D eigenvalue weighted by molar-refractivity contribution is 7.98.